The highest BCUT2D eigenvalue weighted by atomic mass is 35.5. The number of hydrogen-bond donors (Lipinski definition) is 0. The molecule has 2 aliphatic heterocycles. The lowest BCUT2D eigenvalue weighted by molar-refractivity contribution is -0.114. The number of halogens is 2. The van der Waals surface area contributed by atoms with Gasteiger partial charge in [-0.05, 0) is 49.9 Å². The molecule has 102 valence electrons. The first kappa shape index (κ1) is 13.4. The molecule has 0 N–H and O–H groups in total. The van der Waals surface area contributed by atoms with E-state index in [9.17, 15) is 4.79 Å². The van der Waals surface area contributed by atoms with E-state index in [1.807, 2.05) is 18.2 Å². The van der Waals surface area contributed by atoms with E-state index in [0.717, 1.165) is 24.7 Å². The maximum absolute atomic E-state index is 11.5. The molecule has 2 fully saturated rings. The molecule has 0 amide bonds. The van der Waals surface area contributed by atoms with Gasteiger partial charge in [-0.1, -0.05) is 29.3 Å². The van der Waals surface area contributed by atoms with Gasteiger partial charge in [-0.2, -0.15) is 0 Å². The summed E-state index contributed by atoms with van der Waals surface area (Å²) in [4.78, 5) is 13.9. The van der Waals surface area contributed by atoms with Crippen molar-refractivity contribution in [3.8, 4) is 0 Å². The summed E-state index contributed by atoms with van der Waals surface area (Å²) >= 11 is 12.1. The normalized spacial score (nSPS) is 34.5. The van der Waals surface area contributed by atoms with Crippen LogP contribution in [-0.2, 0) is 4.79 Å². The molecule has 4 heteroatoms. The third-order valence-electron chi connectivity index (χ3n) is 4.86. The second-order valence-electron chi connectivity index (χ2n) is 5.69. The minimum atomic E-state index is 0.0704. The first-order valence-corrected chi connectivity index (χ1v) is 7.49. The average Bonchev–Trinajstić information content (AvgIpc) is 2.65. The van der Waals surface area contributed by atoms with Crippen molar-refractivity contribution in [1.82, 2.24) is 4.90 Å². The smallest absolute Gasteiger partial charge is 0.125 e. The highest BCUT2D eigenvalue weighted by Gasteiger charge is 2.45. The summed E-state index contributed by atoms with van der Waals surface area (Å²) in [6, 6.07) is 6.76. The summed E-state index contributed by atoms with van der Waals surface area (Å²) in [6.45, 7) is 0. The molecule has 0 spiro atoms. The summed E-state index contributed by atoms with van der Waals surface area (Å²) < 4.78 is 0. The standard InChI is InChI=1S/C15H17Cl2NO/c1-18-10-3-5-15(18)12(8-19)11(7-10)9-2-4-13(16)14(17)6-9/h2,4,6,8,10-12,15H,3,5,7H2,1H3/t10-,11-,12-,15-/m0/s1. The van der Waals surface area contributed by atoms with E-state index in [0.29, 0.717) is 22.1 Å². The van der Waals surface area contributed by atoms with Crippen LogP contribution < -0.4 is 0 Å². The molecule has 0 unspecified atom stereocenters. The lowest BCUT2D eigenvalue weighted by Crippen LogP contribution is -2.46. The van der Waals surface area contributed by atoms with Gasteiger partial charge in [-0.3, -0.25) is 4.90 Å². The van der Waals surface area contributed by atoms with Crippen molar-refractivity contribution in [2.24, 2.45) is 5.92 Å². The molecule has 0 saturated carbocycles. The Morgan fingerprint density at radius 2 is 2.05 bits per heavy atom. The molecule has 2 nitrogen and oxygen atoms in total. The number of benzene rings is 1. The van der Waals surface area contributed by atoms with Crippen LogP contribution in [0.3, 0.4) is 0 Å². The Labute approximate surface area is 123 Å². The number of fused-ring (bicyclic) bond motifs is 2. The summed E-state index contributed by atoms with van der Waals surface area (Å²) in [6.07, 6.45) is 4.50. The van der Waals surface area contributed by atoms with E-state index in [1.165, 1.54) is 6.42 Å². The number of nitrogens with zero attached hydrogens (tertiary/aromatic N) is 1. The lowest BCUT2D eigenvalue weighted by atomic mass is 9.77. The van der Waals surface area contributed by atoms with Crippen molar-refractivity contribution < 1.29 is 4.79 Å². The maximum atomic E-state index is 11.5. The molecule has 4 atom stereocenters. The highest BCUT2D eigenvalue weighted by Crippen LogP contribution is 2.45. The van der Waals surface area contributed by atoms with Crippen LogP contribution in [0.1, 0.15) is 30.7 Å². The first-order valence-electron chi connectivity index (χ1n) is 6.74. The second-order valence-corrected chi connectivity index (χ2v) is 6.51. The third kappa shape index (κ3) is 2.20. The molecule has 2 bridgehead atoms. The van der Waals surface area contributed by atoms with Crippen LogP contribution in [0.2, 0.25) is 10.0 Å². The Kier molecular flexibility index (Phi) is 3.59. The second kappa shape index (κ2) is 5.08. The summed E-state index contributed by atoms with van der Waals surface area (Å²) in [5.41, 5.74) is 1.15. The van der Waals surface area contributed by atoms with Crippen molar-refractivity contribution in [1.29, 1.82) is 0 Å². The van der Waals surface area contributed by atoms with Gasteiger partial charge in [0.15, 0.2) is 0 Å². The molecule has 1 aromatic carbocycles. The minimum absolute atomic E-state index is 0.0704. The van der Waals surface area contributed by atoms with E-state index >= 15 is 0 Å². The summed E-state index contributed by atoms with van der Waals surface area (Å²) in [5, 5.41) is 1.15. The van der Waals surface area contributed by atoms with Crippen LogP contribution in [0.15, 0.2) is 18.2 Å². The zero-order valence-corrected chi connectivity index (χ0v) is 12.4. The van der Waals surface area contributed by atoms with Crippen molar-refractivity contribution in [3.63, 3.8) is 0 Å². The Balaban J connectivity index is 1.95. The Hall–Kier alpha value is -0.570. The fourth-order valence-electron chi connectivity index (χ4n) is 3.79. The van der Waals surface area contributed by atoms with Gasteiger partial charge >= 0.3 is 0 Å². The number of piperidine rings is 1. The third-order valence-corrected chi connectivity index (χ3v) is 5.60. The Morgan fingerprint density at radius 3 is 2.74 bits per heavy atom. The van der Waals surface area contributed by atoms with Gasteiger partial charge in [-0.25, -0.2) is 0 Å². The van der Waals surface area contributed by atoms with Crippen molar-refractivity contribution in [3.05, 3.63) is 33.8 Å². The number of aldehydes is 1. The van der Waals surface area contributed by atoms with Gasteiger partial charge in [0.05, 0.1) is 10.0 Å². The highest BCUT2D eigenvalue weighted by molar-refractivity contribution is 6.42. The molecular weight excluding hydrogens is 281 g/mol. The molecule has 19 heavy (non-hydrogen) atoms. The molecule has 0 aromatic heterocycles. The maximum Gasteiger partial charge on any atom is 0.125 e. The topological polar surface area (TPSA) is 20.3 Å². The van der Waals surface area contributed by atoms with Crippen LogP contribution in [0, 0.1) is 5.92 Å². The van der Waals surface area contributed by atoms with E-state index in [1.54, 1.807) is 0 Å². The van der Waals surface area contributed by atoms with Gasteiger partial charge in [0.25, 0.3) is 0 Å². The minimum Gasteiger partial charge on any atom is -0.303 e. The van der Waals surface area contributed by atoms with Crippen LogP contribution in [0.4, 0.5) is 0 Å². The molecule has 0 aliphatic carbocycles. The van der Waals surface area contributed by atoms with Crippen LogP contribution >= 0.6 is 23.2 Å². The number of carbonyl (C=O) groups is 1. The fraction of sp³-hybridized carbons (Fsp3) is 0.533. The molecule has 2 aliphatic rings. The Morgan fingerprint density at radius 1 is 1.26 bits per heavy atom. The Bertz CT molecular complexity index is 505. The van der Waals surface area contributed by atoms with Gasteiger partial charge in [0.1, 0.15) is 6.29 Å². The summed E-state index contributed by atoms with van der Waals surface area (Å²) in [7, 11) is 2.14. The van der Waals surface area contributed by atoms with Crippen LogP contribution in [-0.4, -0.2) is 30.3 Å². The quantitative estimate of drug-likeness (QED) is 0.775. The van der Waals surface area contributed by atoms with Crippen molar-refractivity contribution in [2.45, 2.75) is 37.3 Å². The zero-order chi connectivity index (χ0) is 13.6. The van der Waals surface area contributed by atoms with Gasteiger partial charge < -0.3 is 4.79 Å². The van der Waals surface area contributed by atoms with Gasteiger partial charge in [0.2, 0.25) is 0 Å². The van der Waals surface area contributed by atoms with Crippen LogP contribution in [0.25, 0.3) is 0 Å². The zero-order valence-electron chi connectivity index (χ0n) is 10.9. The monoisotopic (exact) mass is 297 g/mol. The van der Waals surface area contributed by atoms with Crippen molar-refractivity contribution >= 4 is 29.5 Å². The molecule has 1 aromatic rings. The van der Waals surface area contributed by atoms with E-state index < -0.39 is 0 Å². The molecule has 2 heterocycles. The predicted octanol–water partition coefficient (Wildman–Crippen LogP) is 3.76. The molecule has 3 rings (SSSR count). The molecular formula is C15H17Cl2NO. The molecule has 0 radical (unpaired) electrons. The summed E-state index contributed by atoms with van der Waals surface area (Å²) in [5.74, 6) is 0.349. The van der Waals surface area contributed by atoms with E-state index in [-0.39, 0.29) is 11.8 Å². The SMILES string of the molecule is CN1[C@H]2CC[C@H]1[C@@H](C=O)[C@H](c1ccc(Cl)c(Cl)c1)C2. The largest absolute Gasteiger partial charge is 0.303 e. The van der Waals surface area contributed by atoms with Gasteiger partial charge in [0, 0.05) is 18.0 Å². The number of carbonyl (C=O) groups excluding carboxylic acids is 1. The lowest BCUT2D eigenvalue weighted by Gasteiger charge is -2.41. The van der Waals surface area contributed by atoms with Crippen LogP contribution in [0.5, 0.6) is 0 Å². The van der Waals surface area contributed by atoms with Gasteiger partial charge in [-0.15, -0.1) is 0 Å². The number of hydrogen-bond acceptors (Lipinski definition) is 2. The van der Waals surface area contributed by atoms with Crippen molar-refractivity contribution in [2.75, 3.05) is 7.05 Å². The first-order chi connectivity index (χ1) is 9.11. The van der Waals surface area contributed by atoms with E-state index in [4.69, 9.17) is 23.2 Å². The molecule has 2 saturated heterocycles. The average molecular weight is 298 g/mol. The van der Waals surface area contributed by atoms with E-state index in [2.05, 4.69) is 11.9 Å². The predicted molar refractivity (Wildman–Crippen MR) is 77.9 cm³/mol. The fourth-order valence-corrected chi connectivity index (χ4v) is 4.10. The number of rotatable bonds is 2.